The van der Waals surface area contributed by atoms with Crippen LogP contribution in [0.1, 0.15) is 0 Å². The van der Waals surface area contributed by atoms with Gasteiger partial charge in [-0.2, -0.15) is 12.6 Å². The van der Waals surface area contributed by atoms with Crippen molar-refractivity contribution in [2.24, 2.45) is 5.73 Å². The van der Waals surface area contributed by atoms with E-state index in [0.29, 0.717) is 0 Å². The molecule has 0 saturated carbocycles. The van der Waals surface area contributed by atoms with Gasteiger partial charge >= 0.3 is 0 Å². The maximum absolute atomic E-state index is 10.4. The van der Waals surface area contributed by atoms with Crippen LogP contribution < -0.4 is 16.6 Å². The molecule has 0 aliphatic heterocycles. The molecule has 0 aromatic carbocycles. The number of rotatable bonds is 4. The first-order chi connectivity index (χ1) is 5.07. The minimum absolute atomic E-state index is 0.170. The quantitative estimate of drug-likeness (QED) is 0.108. The van der Waals surface area contributed by atoms with Crippen LogP contribution in [-0.2, 0) is 11.1 Å². The first-order valence-electron chi connectivity index (χ1n) is 2.64. The topological polar surface area (TPSA) is 111 Å². The van der Waals surface area contributed by atoms with Crippen molar-refractivity contribution in [3.63, 3.8) is 0 Å². The average molecular weight is 198 g/mol. The minimum Gasteiger partial charge on any atom is -0.369 e. The maximum atomic E-state index is 10.4. The summed E-state index contributed by atoms with van der Waals surface area (Å²) in [5.74, 6) is -0.147. The van der Waals surface area contributed by atoms with E-state index in [1.54, 1.807) is 0 Å². The van der Waals surface area contributed by atoms with Gasteiger partial charge in [0.2, 0.25) is 0 Å². The van der Waals surface area contributed by atoms with Crippen LogP contribution in [0.25, 0.3) is 0 Å². The fraction of sp³-hybridized carbons (Fsp3) is 0.667. The van der Waals surface area contributed by atoms with E-state index in [2.05, 4.69) is 23.5 Å². The Bertz CT molecular complexity index is 163. The smallest absolute Gasteiger partial charge is 0.200 e. The SMILES string of the molecule is N=C(N)NN[C@@H](CS)S(=O)O. The molecule has 0 saturated heterocycles. The summed E-state index contributed by atoms with van der Waals surface area (Å²) in [7, 11) is 0. The lowest BCUT2D eigenvalue weighted by atomic mass is 10.8. The van der Waals surface area contributed by atoms with Gasteiger partial charge in [-0.3, -0.25) is 10.8 Å². The van der Waals surface area contributed by atoms with E-state index in [4.69, 9.17) is 15.7 Å². The molecule has 66 valence electrons. The fourth-order valence-electron chi connectivity index (χ4n) is 0.318. The number of hydrogen-bond acceptors (Lipinski definition) is 4. The van der Waals surface area contributed by atoms with Crippen molar-refractivity contribution in [2.45, 2.75) is 5.37 Å². The highest BCUT2D eigenvalue weighted by molar-refractivity contribution is 7.84. The van der Waals surface area contributed by atoms with E-state index in [1.165, 1.54) is 0 Å². The van der Waals surface area contributed by atoms with E-state index in [0.717, 1.165) is 0 Å². The molecule has 8 heteroatoms. The highest BCUT2D eigenvalue weighted by atomic mass is 32.2. The van der Waals surface area contributed by atoms with Gasteiger partial charge in [-0.1, -0.05) is 0 Å². The van der Waals surface area contributed by atoms with Crippen molar-refractivity contribution >= 4 is 29.7 Å². The molecule has 0 aromatic heterocycles. The third kappa shape index (κ3) is 5.01. The van der Waals surface area contributed by atoms with Gasteiger partial charge < -0.3 is 10.3 Å². The van der Waals surface area contributed by atoms with Crippen LogP contribution in [0.2, 0.25) is 0 Å². The third-order valence-electron chi connectivity index (χ3n) is 0.777. The van der Waals surface area contributed by atoms with Gasteiger partial charge in [-0.25, -0.2) is 9.63 Å². The summed E-state index contributed by atoms with van der Waals surface area (Å²) in [6.07, 6.45) is 0. The number of guanidine groups is 1. The molecule has 0 fully saturated rings. The van der Waals surface area contributed by atoms with Crippen LogP contribution in [0.4, 0.5) is 0 Å². The molecule has 6 nitrogen and oxygen atoms in total. The van der Waals surface area contributed by atoms with Crippen LogP contribution >= 0.6 is 12.6 Å². The van der Waals surface area contributed by atoms with Gasteiger partial charge in [-0.15, -0.1) is 0 Å². The Kier molecular flexibility index (Phi) is 5.20. The molecule has 2 atom stereocenters. The summed E-state index contributed by atoms with van der Waals surface area (Å²) in [6, 6.07) is 0. The van der Waals surface area contributed by atoms with E-state index < -0.39 is 16.5 Å². The van der Waals surface area contributed by atoms with Gasteiger partial charge in [0.1, 0.15) is 5.37 Å². The van der Waals surface area contributed by atoms with Gasteiger partial charge in [0.05, 0.1) is 0 Å². The van der Waals surface area contributed by atoms with E-state index in [1.807, 2.05) is 0 Å². The Balaban J connectivity index is 3.70. The summed E-state index contributed by atoms with van der Waals surface area (Å²) in [5, 5.41) is 5.97. The highest BCUT2D eigenvalue weighted by Gasteiger charge is 2.11. The monoisotopic (exact) mass is 198 g/mol. The maximum Gasteiger partial charge on any atom is 0.200 e. The molecule has 1 unspecified atom stereocenters. The van der Waals surface area contributed by atoms with E-state index in [9.17, 15) is 4.21 Å². The second-order valence-corrected chi connectivity index (χ2v) is 3.12. The highest BCUT2D eigenvalue weighted by Crippen LogP contribution is 1.89. The Hall–Kier alpha value is -0.310. The predicted octanol–water partition coefficient (Wildman–Crippen LogP) is -1.55. The summed E-state index contributed by atoms with van der Waals surface area (Å²) in [4.78, 5) is 0. The van der Waals surface area contributed by atoms with Crippen LogP contribution in [0, 0.1) is 5.41 Å². The number of hydrazine groups is 1. The first kappa shape index (κ1) is 10.7. The molecule has 0 heterocycles. The molecular formula is C3H10N4O2S2. The molecule has 0 rings (SSSR count). The Morgan fingerprint density at radius 2 is 2.45 bits per heavy atom. The normalized spacial score (nSPS) is 15.5. The number of hydrogen-bond donors (Lipinski definition) is 6. The lowest BCUT2D eigenvalue weighted by Gasteiger charge is -2.12. The minimum atomic E-state index is -2.02. The van der Waals surface area contributed by atoms with Gasteiger partial charge in [-0.05, 0) is 0 Å². The zero-order valence-corrected chi connectivity index (χ0v) is 7.28. The molecule has 0 aliphatic carbocycles. The molecule has 0 aromatic rings. The largest absolute Gasteiger partial charge is 0.369 e. The van der Waals surface area contributed by atoms with Crippen LogP contribution in [0.3, 0.4) is 0 Å². The standard InChI is InChI=1S/C3H10N4O2S2/c4-3(5)7-6-2(1-10)11(8)9/h2,6,10H,1H2,(H,8,9)(H4,4,5,7)/t2-/m1/s1. The zero-order valence-electron chi connectivity index (χ0n) is 5.57. The lowest BCUT2D eigenvalue weighted by molar-refractivity contribution is 0.524. The summed E-state index contributed by atoms with van der Waals surface area (Å²) < 4.78 is 18.9. The molecule has 11 heavy (non-hydrogen) atoms. The van der Waals surface area contributed by atoms with Crippen LogP contribution in [0.15, 0.2) is 0 Å². The molecule has 0 aliphatic rings. The lowest BCUT2D eigenvalue weighted by Crippen LogP contribution is -2.49. The fourth-order valence-corrected chi connectivity index (χ4v) is 1.08. The number of nitrogens with one attached hydrogen (secondary N) is 3. The zero-order chi connectivity index (χ0) is 8.85. The number of thiol groups is 1. The second kappa shape index (κ2) is 5.35. The molecule has 6 N–H and O–H groups in total. The third-order valence-corrected chi connectivity index (χ3v) is 2.16. The van der Waals surface area contributed by atoms with Crippen molar-refractivity contribution in [2.75, 3.05) is 5.75 Å². The van der Waals surface area contributed by atoms with E-state index >= 15 is 0 Å². The molecular weight excluding hydrogens is 188 g/mol. The molecule has 0 radical (unpaired) electrons. The summed E-state index contributed by atoms with van der Waals surface area (Å²) >= 11 is 1.77. The summed E-state index contributed by atoms with van der Waals surface area (Å²) in [6.45, 7) is 0. The van der Waals surface area contributed by atoms with Gasteiger partial charge in [0.15, 0.2) is 17.0 Å². The van der Waals surface area contributed by atoms with Crippen LogP contribution in [-0.4, -0.2) is 25.8 Å². The molecule has 0 spiro atoms. The van der Waals surface area contributed by atoms with Crippen molar-refractivity contribution in [3.8, 4) is 0 Å². The van der Waals surface area contributed by atoms with Crippen LogP contribution in [0.5, 0.6) is 0 Å². The van der Waals surface area contributed by atoms with Crippen molar-refractivity contribution < 1.29 is 8.76 Å². The average Bonchev–Trinajstić information content (AvgIpc) is 1.87. The predicted molar refractivity (Wildman–Crippen MR) is 46.6 cm³/mol. The van der Waals surface area contributed by atoms with E-state index in [-0.39, 0.29) is 11.7 Å². The van der Waals surface area contributed by atoms with Crippen molar-refractivity contribution in [1.82, 2.24) is 10.9 Å². The second-order valence-electron chi connectivity index (χ2n) is 1.63. The molecule has 0 amide bonds. The van der Waals surface area contributed by atoms with Crippen molar-refractivity contribution in [1.29, 1.82) is 5.41 Å². The Labute approximate surface area is 72.1 Å². The summed E-state index contributed by atoms with van der Waals surface area (Å²) in [5.41, 5.74) is 9.43. The Morgan fingerprint density at radius 3 is 2.73 bits per heavy atom. The van der Waals surface area contributed by atoms with Gasteiger partial charge in [0, 0.05) is 5.75 Å². The number of nitrogens with two attached hydrogens (primary N) is 1. The first-order valence-corrected chi connectivity index (χ1v) is 4.44. The Morgan fingerprint density at radius 1 is 1.91 bits per heavy atom. The van der Waals surface area contributed by atoms with Gasteiger partial charge in [0.25, 0.3) is 0 Å². The molecule has 0 bridgehead atoms. The van der Waals surface area contributed by atoms with Crippen molar-refractivity contribution in [3.05, 3.63) is 0 Å².